The van der Waals surface area contributed by atoms with Crippen molar-refractivity contribution in [3.63, 3.8) is 0 Å². The Morgan fingerprint density at radius 3 is 2.42 bits per heavy atom. The average molecular weight is 518 g/mol. The Hall–Kier alpha value is -2.69. The maximum absolute atomic E-state index is 14.1. The van der Waals surface area contributed by atoms with Gasteiger partial charge in [0.1, 0.15) is 17.5 Å². The van der Waals surface area contributed by atoms with Crippen LogP contribution in [0.4, 0.5) is 4.39 Å². The van der Waals surface area contributed by atoms with Crippen molar-refractivity contribution in [2.24, 2.45) is 0 Å². The molecule has 2 amide bonds. The van der Waals surface area contributed by atoms with Gasteiger partial charge in [0.2, 0.25) is 11.8 Å². The van der Waals surface area contributed by atoms with E-state index >= 15 is 0 Å². The largest absolute Gasteiger partial charge is 0.352 e. The number of pyridine rings is 1. The highest BCUT2D eigenvalue weighted by Crippen LogP contribution is 2.30. The summed E-state index contributed by atoms with van der Waals surface area (Å²) in [6.07, 6.45) is 6.48. The Kier molecular flexibility index (Phi) is 7.18. The smallest absolute Gasteiger partial charge is 0.333 e. The van der Waals surface area contributed by atoms with Crippen LogP contribution in [0.2, 0.25) is 0 Å². The maximum atomic E-state index is 14.1. The van der Waals surface area contributed by atoms with E-state index in [0.29, 0.717) is 38.6 Å². The van der Waals surface area contributed by atoms with Crippen LogP contribution < -0.4 is 16.6 Å². The van der Waals surface area contributed by atoms with Gasteiger partial charge in [0.15, 0.2) is 0 Å². The number of rotatable bonds is 4. The second-order valence-corrected chi connectivity index (χ2v) is 11.3. The molecule has 1 unspecified atom stereocenters. The van der Waals surface area contributed by atoms with E-state index in [4.69, 9.17) is 0 Å². The lowest BCUT2D eigenvalue weighted by atomic mass is 9.90. The Morgan fingerprint density at radius 2 is 1.72 bits per heavy atom. The average Bonchev–Trinajstić information content (AvgIpc) is 3.37. The highest BCUT2D eigenvalue weighted by Gasteiger charge is 2.35. The van der Waals surface area contributed by atoms with Crippen molar-refractivity contribution < 1.29 is 14.0 Å². The lowest BCUT2D eigenvalue weighted by Gasteiger charge is -2.32. The van der Waals surface area contributed by atoms with Gasteiger partial charge in [0, 0.05) is 31.6 Å². The van der Waals surface area contributed by atoms with Crippen LogP contribution in [0.1, 0.15) is 70.4 Å². The maximum Gasteiger partial charge on any atom is 0.333 e. The number of thioether (sulfide) groups is 1. The minimum atomic E-state index is -0.603. The first kappa shape index (κ1) is 25.0. The molecule has 5 rings (SSSR count). The van der Waals surface area contributed by atoms with E-state index in [1.165, 1.54) is 17.6 Å². The standard InChI is InChI=1S/C25H32FN5O4S/c1-15(32)29-10-2-3-21(29)23(33)28-17-4-6-18(7-5-17)31-24(34)20-13-16(26)14-27-22(20)30(25(31)35)19-8-11-36-12-9-19/h13-14,17-19,21H,2-12H2,1H3,(H,28,33). The van der Waals surface area contributed by atoms with E-state index < -0.39 is 17.4 Å². The van der Waals surface area contributed by atoms with Gasteiger partial charge in [-0.05, 0) is 68.9 Å². The van der Waals surface area contributed by atoms with Gasteiger partial charge in [-0.3, -0.25) is 23.5 Å². The summed E-state index contributed by atoms with van der Waals surface area (Å²) in [6, 6.07) is 0.290. The van der Waals surface area contributed by atoms with Crippen molar-refractivity contribution in [1.29, 1.82) is 0 Å². The van der Waals surface area contributed by atoms with Gasteiger partial charge in [-0.25, -0.2) is 14.2 Å². The number of carbonyl (C=O) groups is 2. The van der Waals surface area contributed by atoms with E-state index in [0.717, 1.165) is 37.0 Å². The zero-order chi connectivity index (χ0) is 25.4. The van der Waals surface area contributed by atoms with Crippen molar-refractivity contribution >= 4 is 34.6 Å². The van der Waals surface area contributed by atoms with Crippen LogP contribution in [0.5, 0.6) is 0 Å². The SMILES string of the molecule is CC(=O)N1CCCC1C(=O)NC1CCC(n2c(=O)c3cc(F)cnc3n(C3CCSCC3)c2=O)CC1. The summed E-state index contributed by atoms with van der Waals surface area (Å²) in [4.78, 5) is 57.5. The lowest BCUT2D eigenvalue weighted by molar-refractivity contribution is -0.137. The van der Waals surface area contributed by atoms with Crippen LogP contribution in [-0.4, -0.2) is 61.0 Å². The molecule has 1 saturated carbocycles. The summed E-state index contributed by atoms with van der Waals surface area (Å²) in [7, 11) is 0. The summed E-state index contributed by atoms with van der Waals surface area (Å²) < 4.78 is 17.0. The number of hydrogen-bond acceptors (Lipinski definition) is 6. The number of nitrogens with one attached hydrogen (secondary N) is 1. The quantitative estimate of drug-likeness (QED) is 0.668. The molecule has 1 aliphatic carbocycles. The molecule has 0 spiro atoms. The minimum Gasteiger partial charge on any atom is -0.352 e. The number of hydrogen-bond donors (Lipinski definition) is 1. The molecule has 2 aromatic rings. The van der Waals surface area contributed by atoms with Gasteiger partial charge in [-0.2, -0.15) is 11.8 Å². The molecule has 36 heavy (non-hydrogen) atoms. The van der Waals surface area contributed by atoms with Crippen LogP contribution in [0.25, 0.3) is 11.0 Å². The first-order chi connectivity index (χ1) is 17.3. The predicted octanol–water partition coefficient (Wildman–Crippen LogP) is 2.38. The molecule has 194 valence electrons. The monoisotopic (exact) mass is 517 g/mol. The number of aromatic nitrogens is 3. The Morgan fingerprint density at radius 1 is 1.03 bits per heavy atom. The first-order valence-corrected chi connectivity index (χ1v) is 14.0. The number of carbonyl (C=O) groups excluding carboxylic acids is 2. The van der Waals surface area contributed by atoms with E-state index in [-0.39, 0.29) is 46.7 Å². The predicted molar refractivity (Wildman–Crippen MR) is 136 cm³/mol. The molecule has 1 N–H and O–H groups in total. The molecule has 3 aliphatic rings. The van der Waals surface area contributed by atoms with Crippen molar-refractivity contribution in [3.05, 3.63) is 38.9 Å². The number of nitrogens with zero attached hydrogens (tertiary/aromatic N) is 4. The Labute approximate surface area is 212 Å². The topological polar surface area (TPSA) is 106 Å². The van der Waals surface area contributed by atoms with Gasteiger partial charge >= 0.3 is 5.69 Å². The van der Waals surface area contributed by atoms with Gasteiger partial charge in [-0.1, -0.05) is 0 Å². The fourth-order valence-electron chi connectivity index (χ4n) is 5.99. The summed E-state index contributed by atoms with van der Waals surface area (Å²) >= 11 is 1.84. The van der Waals surface area contributed by atoms with Crippen molar-refractivity contribution in [2.75, 3.05) is 18.1 Å². The fraction of sp³-hybridized carbons (Fsp3) is 0.640. The van der Waals surface area contributed by atoms with Crippen LogP contribution in [0, 0.1) is 5.82 Å². The number of halogens is 1. The zero-order valence-electron chi connectivity index (χ0n) is 20.5. The van der Waals surface area contributed by atoms with E-state index in [1.807, 2.05) is 11.8 Å². The molecule has 0 radical (unpaired) electrons. The second-order valence-electron chi connectivity index (χ2n) is 10.1. The minimum absolute atomic E-state index is 0.0719. The Balaban J connectivity index is 1.38. The summed E-state index contributed by atoms with van der Waals surface area (Å²) in [6.45, 7) is 2.09. The van der Waals surface area contributed by atoms with Crippen LogP contribution in [0.3, 0.4) is 0 Å². The summed E-state index contributed by atoms with van der Waals surface area (Å²) in [5.41, 5.74) is -0.620. The van der Waals surface area contributed by atoms with Crippen LogP contribution >= 0.6 is 11.8 Å². The molecule has 1 atom stereocenters. The van der Waals surface area contributed by atoms with E-state index in [1.54, 1.807) is 9.47 Å². The highest BCUT2D eigenvalue weighted by molar-refractivity contribution is 7.99. The van der Waals surface area contributed by atoms with Crippen molar-refractivity contribution in [3.8, 4) is 0 Å². The molecule has 2 aromatic heterocycles. The Bertz CT molecular complexity index is 1280. The molecule has 11 heteroatoms. The fourth-order valence-corrected chi connectivity index (χ4v) is 7.07. The first-order valence-electron chi connectivity index (χ1n) is 12.8. The highest BCUT2D eigenvalue weighted by atomic mass is 32.2. The molecule has 0 bridgehead atoms. The van der Waals surface area contributed by atoms with Gasteiger partial charge in [0.05, 0.1) is 11.6 Å². The van der Waals surface area contributed by atoms with Crippen molar-refractivity contribution in [2.45, 2.75) is 82.5 Å². The molecule has 3 fully saturated rings. The molecule has 4 heterocycles. The zero-order valence-corrected chi connectivity index (χ0v) is 21.3. The number of amides is 2. The van der Waals surface area contributed by atoms with E-state index in [2.05, 4.69) is 10.3 Å². The summed E-state index contributed by atoms with van der Waals surface area (Å²) in [5, 5.41) is 3.21. The second kappa shape index (κ2) is 10.4. The van der Waals surface area contributed by atoms with Gasteiger partial charge < -0.3 is 10.2 Å². The molecular formula is C25H32FN5O4S. The molecule has 9 nitrogen and oxygen atoms in total. The number of fused-ring (bicyclic) bond motifs is 1. The third-order valence-electron chi connectivity index (χ3n) is 7.85. The third-order valence-corrected chi connectivity index (χ3v) is 8.90. The summed E-state index contributed by atoms with van der Waals surface area (Å²) in [5.74, 6) is 1.02. The van der Waals surface area contributed by atoms with Gasteiger partial charge in [-0.15, -0.1) is 0 Å². The van der Waals surface area contributed by atoms with Gasteiger partial charge in [0.25, 0.3) is 5.56 Å². The third kappa shape index (κ3) is 4.69. The molecule has 2 saturated heterocycles. The van der Waals surface area contributed by atoms with E-state index in [9.17, 15) is 23.6 Å². The molecular weight excluding hydrogens is 485 g/mol. The normalized spacial score (nSPS) is 25.3. The molecule has 0 aromatic carbocycles. The molecule has 2 aliphatic heterocycles. The van der Waals surface area contributed by atoms with Crippen molar-refractivity contribution in [1.82, 2.24) is 24.3 Å². The number of likely N-dealkylation sites (tertiary alicyclic amines) is 1. The lowest BCUT2D eigenvalue weighted by Crippen LogP contribution is -2.50. The van der Waals surface area contributed by atoms with Crippen LogP contribution in [0.15, 0.2) is 21.9 Å². The van der Waals surface area contributed by atoms with Crippen LogP contribution in [-0.2, 0) is 9.59 Å².